The average Bonchev–Trinajstić information content (AvgIpc) is 2.83. The molecule has 11 nitrogen and oxygen atoms in total. The lowest BCUT2D eigenvalue weighted by molar-refractivity contribution is -0.271. The van der Waals surface area contributed by atoms with Gasteiger partial charge >= 0.3 is 11.6 Å². The smallest absolute Gasteiger partial charge is 0.343 e. The molecule has 0 aliphatic carbocycles. The summed E-state index contributed by atoms with van der Waals surface area (Å²) in [5.74, 6) is -2.92. The number of aliphatic hydroxyl groups is 3. The Morgan fingerprint density at radius 3 is 2.36 bits per heavy atom. The van der Waals surface area contributed by atoms with Gasteiger partial charge in [0.25, 0.3) is 0 Å². The minimum absolute atomic E-state index is 0.0368. The lowest BCUT2D eigenvalue weighted by Gasteiger charge is -2.38. The molecule has 36 heavy (non-hydrogen) atoms. The van der Waals surface area contributed by atoms with Gasteiger partial charge in [-0.2, -0.15) is 0 Å². The van der Waals surface area contributed by atoms with Crippen LogP contribution in [0.15, 0.2) is 57.7 Å². The maximum Gasteiger partial charge on any atom is 0.343 e. The Morgan fingerprint density at radius 1 is 1.03 bits per heavy atom. The number of Topliss-reactive ketones (excluding diaryl/α,β-unsaturated/α-hetero) is 1. The maximum absolute atomic E-state index is 12.9. The van der Waals surface area contributed by atoms with Crippen molar-refractivity contribution in [3.05, 3.63) is 70.1 Å². The van der Waals surface area contributed by atoms with Gasteiger partial charge in [-0.15, -0.1) is 0 Å². The van der Waals surface area contributed by atoms with E-state index in [9.17, 15) is 39.9 Å². The first-order valence-corrected chi connectivity index (χ1v) is 11.0. The fourth-order valence-electron chi connectivity index (χ4n) is 4.20. The summed E-state index contributed by atoms with van der Waals surface area (Å²) in [5, 5.41) is 50.2. The number of fused-ring (bicyclic) bond motifs is 1. The van der Waals surface area contributed by atoms with Crippen LogP contribution < -0.4 is 10.4 Å². The number of carbonyl (C=O) groups is 2. The van der Waals surface area contributed by atoms with Crippen LogP contribution in [0.5, 0.6) is 11.5 Å². The van der Waals surface area contributed by atoms with Gasteiger partial charge in [0.05, 0.1) is 10.9 Å². The first-order chi connectivity index (χ1) is 17.1. The van der Waals surface area contributed by atoms with Crippen LogP contribution in [0.4, 0.5) is 0 Å². The molecule has 5 N–H and O–H groups in total. The van der Waals surface area contributed by atoms with Gasteiger partial charge in [0.15, 0.2) is 6.10 Å². The van der Waals surface area contributed by atoms with E-state index in [0.29, 0.717) is 5.56 Å². The molecule has 1 aliphatic heterocycles. The van der Waals surface area contributed by atoms with Gasteiger partial charge in [-0.1, -0.05) is 30.3 Å². The van der Waals surface area contributed by atoms with Crippen molar-refractivity contribution in [1.82, 2.24) is 0 Å². The van der Waals surface area contributed by atoms with E-state index in [1.54, 1.807) is 30.3 Å². The number of aliphatic hydroxyl groups excluding tert-OH is 3. The Labute approximate surface area is 203 Å². The summed E-state index contributed by atoms with van der Waals surface area (Å²) in [6, 6.07) is 12.7. The summed E-state index contributed by atoms with van der Waals surface area (Å²) >= 11 is 0. The molecule has 4 rings (SSSR count). The van der Waals surface area contributed by atoms with E-state index >= 15 is 0 Å². The second kappa shape index (κ2) is 10.1. The highest BCUT2D eigenvalue weighted by Gasteiger charge is 2.48. The van der Waals surface area contributed by atoms with Crippen LogP contribution in [0.3, 0.4) is 0 Å². The standard InChI is InChI=1S/C25H24O11/c1-11(26)9-15(12-5-3-2-4-6-12)17-18(27)14-8-7-13(10-16(14)35-24(17)33)34-25-21(30)19(28)20(29)22(36-25)23(31)32/h2-8,10,15,19-22,25,27-30H,9H2,1H3,(H,31,32)/t15-,19-,20-,21+,22-,25+/m0/s1. The van der Waals surface area contributed by atoms with Crippen molar-refractivity contribution >= 4 is 22.7 Å². The fraction of sp³-hybridized carbons (Fsp3) is 0.320. The molecular weight excluding hydrogens is 476 g/mol. The number of hydrogen-bond donors (Lipinski definition) is 5. The number of aliphatic carboxylic acids is 1. The predicted molar refractivity (Wildman–Crippen MR) is 123 cm³/mol. The zero-order chi connectivity index (χ0) is 26.1. The Kier molecular flexibility index (Phi) is 7.09. The van der Waals surface area contributed by atoms with Gasteiger partial charge in [0.2, 0.25) is 6.29 Å². The third kappa shape index (κ3) is 4.82. The lowest BCUT2D eigenvalue weighted by atomic mass is 9.87. The van der Waals surface area contributed by atoms with E-state index in [2.05, 4.69) is 0 Å². The van der Waals surface area contributed by atoms with Gasteiger partial charge < -0.3 is 39.4 Å². The zero-order valence-corrected chi connectivity index (χ0v) is 19.0. The van der Waals surface area contributed by atoms with Crippen LogP contribution in [0.2, 0.25) is 0 Å². The molecule has 0 radical (unpaired) electrons. The molecule has 1 aliphatic rings. The van der Waals surface area contributed by atoms with Crippen molar-refractivity contribution in [3.8, 4) is 11.5 Å². The number of aromatic hydroxyl groups is 1. The van der Waals surface area contributed by atoms with Crippen molar-refractivity contribution < 1.29 is 49.0 Å². The molecule has 1 saturated heterocycles. The lowest BCUT2D eigenvalue weighted by Crippen LogP contribution is -2.61. The molecule has 0 spiro atoms. The second-order valence-corrected chi connectivity index (χ2v) is 8.53. The number of hydrogen-bond acceptors (Lipinski definition) is 10. The van der Waals surface area contributed by atoms with Crippen LogP contribution >= 0.6 is 0 Å². The quantitative estimate of drug-likeness (QED) is 0.290. The molecule has 2 heterocycles. The molecule has 1 aromatic heterocycles. The molecule has 190 valence electrons. The van der Waals surface area contributed by atoms with Gasteiger partial charge in [-0.3, -0.25) is 4.79 Å². The monoisotopic (exact) mass is 500 g/mol. The molecule has 0 bridgehead atoms. The number of ketones is 1. The first-order valence-electron chi connectivity index (χ1n) is 11.0. The molecule has 1 fully saturated rings. The summed E-state index contributed by atoms with van der Waals surface area (Å²) in [4.78, 5) is 36.1. The summed E-state index contributed by atoms with van der Waals surface area (Å²) in [6.07, 6.45) is -9.08. The van der Waals surface area contributed by atoms with Crippen LogP contribution in [0.1, 0.15) is 30.4 Å². The van der Waals surface area contributed by atoms with E-state index < -0.39 is 48.2 Å². The molecule has 3 aromatic rings. The Bertz CT molecular complexity index is 1330. The van der Waals surface area contributed by atoms with Gasteiger partial charge in [0, 0.05) is 18.4 Å². The Morgan fingerprint density at radius 2 is 1.72 bits per heavy atom. The largest absolute Gasteiger partial charge is 0.507 e. The maximum atomic E-state index is 12.9. The van der Waals surface area contributed by atoms with Crippen molar-refractivity contribution in [3.63, 3.8) is 0 Å². The molecule has 0 unspecified atom stereocenters. The van der Waals surface area contributed by atoms with E-state index in [0.717, 1.165) is 0 Å². The van der Waals surface area contributed by atoms with E-state index in [1.165, 1.54) is 25.1 Å². The minimum atomic E-state index is -1.88. The van der Waals surface area contributed by atoms with Crippen molar-refractivity contribution in [2.45, 2.75) is 50.0 Å². The van der Waals surface area contributed by atoms with Gasteiger partial charge in [-0.05, 0) is 24.6 Å². The number of ether oxygens (including phenoxy) is 2. The number of rotatable bonds is 7. The van der Waals surface area contributed by atoms with Crippen LogP contribution in [-0.2, 0) is 14.3 Å². The zero-order valence-electron chi connectivity index (χ0n) is 19.0. The summed E-state index contributed by atoms with van der Waals surface area (Å²) in [5.41, 5.74) is -0.392. The normalized spacial score (nSPS) is 24.8. The number of carboxylic acids is 1. The van der Waals surface area contributed by atoms with E-state index in [-0.39, 0.29) is 40.2 Å². The second-order valence-electron chi connectivity index (χ2n) is 8.53. The van der Waals surface area contributed by atoms with Crippen LogP contribution in [0, 0.1) is 0 Å². The van der Waals surface area contributed by atoms with Gasteiger partial charge in [0.1, 0.15) is 41.2 Å². The number of carbonyl (C=O) groups excluding carboxylic acids is 1. The van der Waals surface area contributed by atoms with Crippen molar-refractivity contribution in [2.24, 2.45) is 0 Å². The highest BCUT2D eigenvalue weighted by Crippen LogP contribution is 2.37. The van der Waals surface area contributed by atoms with Gasteiger partial charge in [-0.25, -0.2) is 9.59 Å². The predicted octanol–water partition coefficient (Wildman–Crippen LogP) is 0.881. The van der Waals surface area contributed by atoms with E-state index in [1.807, 2.05) is 0 Å². The molecule has 2 aromatic carbocycles. The van der Waals surface area contributed by atoms with Crippen LogP contribution in [-0.4, -0.2) is 68.0 Å². The average molecular weight is 500 g/mol. The third-order valence-electron chi connectivity index (χ3n) is 5.99. The Balaban J connectivity index is 1.70. The van der Waals surface area contributed by atoms with E-state index in [4.69, 9.17) is 13.9 Å². The molecule has 0 amide bonds. The van der Waals surface area contributed by atoms with Crippen LogP contribution in [0.25, 0.3) is 11.0 Å². The minimum Gasteiger partial charge on any atom is -0.507 e. The molecule has 11 heteroatoms. The highest BCUT2D eigenvalue weighted by atomic mass is 16.7. The number of carboxylic acid groups (broad SMARTS) is 1. The van der Waals surface area contributed by atoms with Crippen molar-refractivity contribution in [2.75, 3.05) is 0 Å². The summed E-state index contributed by atoms with van der Waals surface area (Å²) < 4.78 is 16.0. The third-order valence-corrected chi connectivity index (χ3v) is 5.99. The number of benzene rings is 2. The molecular formula is C25H24O11. The molecule has 6 atom stereocenters. The molecule has 0 saturated carbocycles. The summed E-state index contributed by atoms with van der Waals surface area (Å²) in [6.45, 7) is 1.38. The highest BCUT2D eigenvalue weighted by molar-refractivity contribution is 5.86. The SMILES string of the molecule is CC(=O)C[C@@H](c1ccccc1)c1c(O)c2ccc(O[C@@H]3O[C@H](C(=O)O)[C@@H](O)[C@H](O)[C@H]3O)cc2oc1=O. The summed E-state index contributed by atoms with van der Waals surface area (Å²) in [7, 11) is 0. The fourth-order valence-corrected chi connectivity index (χ4v) is 4.20. The topological polar surface area (TPSA) is 184 Å². The first kappa shape index (κ1) is 25.3. The van der Waals surface area contributed by atoms with Crippen molar-refractivity contribution in [1.29, 1.82) is 0 Å². The Hall–Kier alpha value is -3.77.